The molecule has 0 aliphatic carbocycles. The fourth-order valence-corrected chi connectivity index (χ4v) is 3.82. The number of carbonyl (C=O) groups excluding carboxylic acids is 4. The van der Waals surface area contributed by atoms with E-state index in [1.165, 1.54) is 62.8 Å². The fourth-order valence-electron chi connectivity index (χ4n) is 3.60. The van der Waals surface area contributed by atoms with Crippen LogP contribution in [-0.2, 0) is 20.9 Å². The fraction of sp³-hybridized carbons (Fsp3) is 0.154. The molecule has 1 fully saturated rings. The van der Waals surface area contributed by atoms with Gasteiger partial charge in [0.1, 0.15) is 17.3 Å². The first kappa shape index (κ1) is 27.2. The van der Waals surface area contributed by atoms with Gasteiger partial charge in [-0.1, -0.05) is 17.7 Å². The number of furan rings is 1. The zero-order valence-corrected chi connectivity index (χ0v) is 21.3. The third kappa shape index (κ3) is 6.36. The Morgan fingerprint density at radius 1 is 1.15 bits per heavy atom. The SMILES string of the molecule is COC(=O)c1ccc(CN2C(=O)N/C(=C\c3cc(Cl)cc(OC)c3OCC(=O)Nc3cccc(F)c3)C2=O)o1. The maximum atomic E-state index is 13.4. The van der Waals surface area contributed by atoms with Crippen LogP contribution in [0.3, 0.4) is 0 Å². The van der Waals surface area contributed by atoms with Crippen molar-refractivity contribution in [2.24, 2.45) is 0 Å². The number of nitrogens with one attached hydrogen (secondary N) is 2. The van der Waals surface area contributed by atoms with Crippen LogP contribution in [0.25, 0.3) is 6.08 Å². The van der Waals surface area contributed by atoms with Crippen molar-refractivity contribution in [3.8, 4) is 11.5 Å². The van der Waals surface area contributed by atoms with E-state index >= 15 is 0 Å². The number of halogens is 2. The standard InChI is InChI=1S/C26H21ClFN3O8/c1-36-21-10-15(27)8-14(23(21)38-13-22(32)29-17-5-3-4-16(28)11-17)9-19-24(33)31(26(35)30-19)12-18-6-7-20(39-18)25(34)37-2/h3-11H,12-13H2,1-2H3,(H,29,32)(H,30,35)/b19-9-. The van der Waals surface area contributed by atoms with Crippen molar-refractivity contribution >= 4 is 47.2 Å². The van der Waals surface area contributed by atoms with E-state index in [-0.39, 0.29) is 51.5 Å². The number of imide groups is 1. The Kier molecular flexibility index (Phi) is 8.15. The summed E-state index contributed by atoms with van der Waals surface area (Å²) >= 11 is 6.20. The summed E-state index contributed by atoms with van der Waals surface area (Å²) in [4.78, 5) is 50.4. The van der Waals surface area contributed by atoms with Crippen molar-refractivity contribution in [2.45, 2.75) is 6.54 Å². The number of amides is 4. The predicted molar refractivity (Wildman–Crippen MR) is 136 cm³/mol. The van der Waals surface area contributed by atoms with Crippen molar-refractivity contribution < 1.29 is 42.2 Å². The summed E-state index contributed by atoms with van der Waals surface area (Å²) in [6.07, 6.45) is 1.32. The molecule has 1 saturated heterocycles. The molecule has 0 spiro atoms. The summed E-state index contributed by atoms with van der Waals surface area (Å²) in [7, 11) is 2.55. The molecule has 2 heterocycles. The van der Waals surface area contributed by atoms with Gasteiger partial charge in [0, 0.05) is 22.3 Å². The van der Waals surface area contributed by atoms with Crippen molar-refractivity contribution in [1.82, 2.24) is 10.2 Å². The third-order valence-corrected chi connectivity index (χ3v) is 5.57. The minimum Gasteiger partial charge on any atom is -0.493 e. The van der Waals surface area contributed by atoms with Crippen LogP contribution in [0.15, 0.2) is 58.6 Å². The van der Waals surface area contributed by atoms with E-state index < -0.39 is 36.2 Å². The highest BCUT2D eigenvalue weighted by atomic mass is 35.5. The normalized spacial score (nSPS) is 13.8. The van der Waals surface area contributed by atoms with Gasteiger partial charge in [-0.3, -0.25) is 14.5 Å². The zero-order valence-electron chi connectivity index (χ0n) is 20.6. The van der Waals surface area contributed by atoms with E-state index in [1.54, 1.807) is 0 Å². The maximum absolute atomic E-state index is 13.4. The summed E-state index contributed by atoms with van der Waals surface area (Å²) in [5, 5.41) is 5.20. The van der Waals surface area contributed by atoms with E-state index in [4.69, 9.17) is 25.5 Å². The molecule has 202 valence electrons. The Morgan fingerprint density at radius 2 is 1.95 bits per heavy atom. The van der Waals surface area contributed by atoms with Gasteiger partial charge in [0.2, 0.25) is 5.76 Å². The van der Waals surface area contributed by atoms with Gasteiger partial charge in [-0.25, -0.2) is 14.0 Å². The Morgan fingerprint density at radius 3 is 2.67 bits per heavy atom. The number of esters is 1. The van der Waals surface area contributed by atoms with E-state index in [0.717, 1.165) is 11.0 Å². The molecule has 4 rings (SSSR count). The number of rotatable bonds is 9. The molecule has 1 aromatic heterocycles. The quantitative estimate of drug-likeness (QED) is 0.229. The van der Waals surface area contributed by atoms with Gasteiger partial charge in [0.25, 0.3) is 11.8 Å². The number of methoxy groups -OCH3 is 2. The lowest BCUT2D eigenvalue weighted by molar-refractivity contribution is -0.123. The molecule has 0 radical (unpaired) electrons. The molecule has 0 atom stereocenters. The van der Waals surface area contributed by atoms with Gasteiger partial charge in [0.05, 0.1) is 20.8 Å². The molecule has 11 nitrogen and oxygen atoms in total. The van der Waals surface area contributed by atoms with Crippen LogP contribution in [0, 0.1) is 5.82 Å². The number of hydrogen-bond acceptors (Lipinski definition) is 8. The number of urea groups is 1. The lowest BCUT2D eigenvalue weighted by Crippen LogP contribution is -2.30. The van der Waals surface area contributed by atoms with Gasteiger partial charge < -0.3 is 29.3 Å². The van der Waals surface area contributed by atoms with E-state index in [9.17, 15) is 23.6 Å². The summed E-state index contributed by atoms with van der Waals surface area (Å²) in [6, 6.07) is 10.3. The molecule has 1 aliphatic heterocycles. The van der Waals surface area contributed by atoms with Crippen LogP contribution in [0.5, 0.6) is 11.5 Å². The van der Waals surface area contributed by atoms with Crippen LogP contribution in [0.4, 0.5) is 14.9 Å². The Bertz CT molecular complexity index is 1490. The van der Waals surface area contributed by atoms with Crippen molar-refractivity contribution in [2.75, 3.05) is 26.1 Å². The third-order valence-electron chi connectivity index (χ3n) is 5.35. The van der Waals surface area contributed by atoms with Crippen LogP contribution < -0.4 is 20.1 Å². The van der Waals surface area contributed by atoms with Gasteiger partial charge in [0.15, 0.2) is 18.1 Å². The van der Waals surface area contributed by atoms with E-state index in [0.29, 0.717) is 0 Å². The Balaban J connectivity index is 1.53. The minimum absolute atomic E-state index is 0.0676. The summed E-state index contributed by atoms with van der Waals surface area (Å²) in [5.41, 5.74) is 0.358. The van der Waals surface area contributed by atoms with Gasteiger partial charge in [-0.15, -0.1) is 0 Å². The number of anilines is 1. The number of nitrogens with zero attached hydrogens (tertiary/aromatic N) is 1. The molecule has 2 N–H and O–H groups in total. The second-order valence-electron chi connectivity index (χ2n) is 8.01. The highest BCUT2D eigenvalue weighted by molar-refractivity contribution is 6.31. The molecule has 0 saturated carbocycles. The van der Waals surface area contributed by atoms with Crippen molar-refractivity contribution in [3.05, 3.63) is 82.2 Å². The maximum Gasteiger partial charge on any atom is 0.373 e. The Hall–Kier alpha value is -4.84. The number of carbonyl (C=O) groups is 4. The number of hydrogen-bond donors (Lipinski definition) is 2. The molecular weight excluding hydrogens is 537 g/mol. The smallest absolute Gasteiger partial charge is 0.373 e. The molecule has 0 bridgehead atoms. The largest absolute Gasteiger partial charge is 0.493 e. The first-order valence-corrected chi connectivity index (χ1v) is 11.6. The van der Waals surface area contributed by atoms with Gasteiger partial charge in [-0.05, 0) is 42.5 Å². The highest BCUT2D eigenvalue weighted by Gasteiger charge is 2.35. The van der Waals surface area contributed by atoms with Gasteiger partial charge >= 0.3 is 12.0 Å². The minimum atomic E-state index is -0.729. The summed E-state index contributed by atoms with van der Waals surface area (Å²) in [6.45, 7) is -0.737. The first-order chi connectivity index (χ1) is 18.7. The van der Waals surface area contributed by atoms with Crippen molar-refractivity contribution in [1.29, 1.82) is 0 Å². The second kappa shape index (κ2) is 11.7. The second-order valence-corrected chi connectivity index (χ2v) is 8.45. The topological polar surface area (TPSA) is 136 Å². The monoisotopic (exact) mass is 557 g/mol. The zero-order chi connectivity index (χ0) is 28.1. The predicted octanol–water partition coefficient (Wildman–Crippen LogP) is 3.98. The molecule has 1 aliphatic rings. The van der Waals surface area contributed by atoms with Crippen LogP contribution in [0.1, 0.15) is 21.9 Å². The molecule has 3 aromatic rings. The molecule has 2 aromatic carbocycles. The van der Waals surface area contributed by atoms with E-state index in [2.05, 4.69) is 15.4 Å². The summed E-state index contributed by atoms with van der Waals surface area (Å²) < 4.78 is 34.3. The average Bonchev–Trinajstić information content (AvgIpc) is 3.47. The molecule has 39 heavy (non-hydrogen) atoms. The van der Waals surface area contributed by atoms with Crippen molar-refractivity contribution in [3.63, 3.8) is 0 Å². The lowest BCUT2D eigenvalue weighted by Gasteiger charge is -2.14. The molecule has 4 amide bonds. The summed E-state index contributed by atoms with van der Waals surface area (Å²) in [5.74, 6) is -2.17. The molecular formula is C26H21ClFN3O8. The van der Waals surface area contributed by atoms with E-state index in [1.807, 2.05) is 0 Å². The average molecular weight is 558 g/mol. The van der Waals surface area contributed by atoms with Crippen LogP contribution in [0.2, 0.25) is 5.02 Å². The highest BCUT2D eigenvalue weighted by Crippen LogP contribution is 2.36. The molecule has 13 heteroatoms. The Labute approximate surface area is 226 Å². The number of ether oxygens (including phenoxy) is 3. The first-order valence-electron chi connectivity index (χ1n) is 11.3. The van der Waals surface area contributed by atoms with Gasteiger partial charge in [-0.2, -0.15) is 0 Å². The number of benzene rings is 2. The van der Waals surface area contributed by atoms with Crippen LogP contribution >= 0.6 is 11.6 Å². The van der Waals surface area contributed by atoms with Crippen LogP contribution in [-0.4, -0.2) is 49.5 Å². The lowest BCUT2D eigenvalue weighted by atomic mass is 10.1. The molecule has 0 unspecified atom stereocenters.